The van der Waals surface area contributed by atoms with Crippen LogP contribution in [-0.2, 0) is 4.74 Å². The zero-order valence-electron chi connectivity index (χ0n) is 12.3. The second-order valence-electron chi connectivity index (χ2n) is 5.89. The first-order valence-electron chi connectivity index (χ1n) is 7.70. The number of halogens is 1. The van der Waals surface area contributed by atoms with Gasteiger partial charge in [-0.25, -0.2) is 0 Å². The van der Waals surface area contributed by atoms with Gasteiger partial charge >= 0.3 is 0 Å². The van der Waals surface area contributed by atoms with E-state index in [1.807, 2.05) is 0 Å². The molecule has 2 unspecified atom stereocenters. The summed E-state index contributed by atoms with van der Waals surface area (Å²) in [5, 5.41) is 0. The van der Waals surface area contributed by atoms with Gasteiger partial charge in [-0.3, -0.25) is 0 Å². The van der Waals surface area contributed by atoms with Crippen LogP contribution >= 0.6 is 0 Å². The molecule has 1 heterocycles. The number of hydrogen-bond donors (Lipinski definition) is 1. The lowest BCUT2D eigenvalue weighted by atomic mass is 10.0. The number of hydrogen-bond acceptors (Lipinski definition) is 1. The molecule has 18 heavy (non-hydrogen) atoms. The zero-order valence-corrected chi connectivity index (χ0v) is 13.1. The van der Waals surface area contributed by atoms with Gasteiger partial charge in [0.25, 0.3) is 0 Å². The molecule has 0 saturated carbocycles. The summed E-state index contributed by atoms with van der Waals surface area (Å²) in [4.78, 5) is 0. The molecule has 0 aliphatic carbocycles. The fourth-order valence-corrected chi connectivity index (χ4v) is 2.47. The highest BCUT2D eigenvalue weighted by Gasteiger charge is 2.52. The van der Waals surface area contributed by atoms with Crippen molar-refractivity contribution in [3.05, 3.63) is 0 Å². The molecule has 1 saturated heterocycles. The molecule has 0 bridgehead atoms. The van der Waals surface area contributed by atoms with Crippen LogP contribution in [-0.4, -0.2) is 11.8 Å². The van der Waals surface area contributed by atoms with E-state index in [9.17, 15) is 0 Å². The van der Waals surface area contributed by atoms with E-state index in [-0.39, 0.29) is 18.1 Å². The molecule has 3 heteroatoms. The van der Waals surface area contributed by atoms with Crippen LogP contribution in [0.15, 0.2) is 0 Å². The normalized spacial score (nSPS) is 25.8. The van der Waals surface area contributed by atoms with Crippen molar-refractivity contribution in [1.29, 1.82) is 0 Å². The topological polar surface area (TPSA) is 40.2 Å². The van der Waals surface area contributed by atoms with Crippen molar-refractivity contribution in [2.75, 3.05) is 0 Å². The third kappa shape index (κ3) is 8.34. The van der Waals surface area contributed by atoms with Crippen molar-refractivity contribution in [3.63, 3.8) is 0 Å². The first kappa shape index (κ1) is 18.2. The van der Waals surface area contributed by atoms with Crippen LogP contribution in [0.1, 0.15) is 84.5 Å². The van der Waals surface area contributed by atoms with E-state index < -0.39 is 0 Å². The maximum Gasteiger partial charge on any atom is 0.223 e. The highest BCUT2D eigenvalue weighted by atomic mass is 35.5. The summed E-state index contributed by atoms with van der Waals surface area (Å²) < 4.78 is 5.48. The van der Waals surface area contributed by atoms with E-state index in [4.69, 9.17) is 4.74 Å². The molecule has 0 aromatic carbocycles. The lowest BCUT2D eigenvalue weighted by Crippen LogP contribution is -3.00. The molecule has 0 aromatic rings. The minimum Gasteiger partial charge on any atom is -1.00 e. The molecular weight excluding hydrogens is 246 g/mol. The average Bonchev–Trinajstić information content (AvgIpc) is 2.89. The van der Waals surface area contributed by atoms with Gasteiger partial charge in [0.15, 0.2) is 0 Å². The number of unbranched alkanes of at least 4 members (excludes halogenated alkanes) is 9. The Hall–Kier alpha value is 0.210. The lowest BCUT2D eigenvalue weighted by Gasteiger charge is -2.01. The number of epoxide rings is 1. The Balaban J connectivity index is 0.00000289. The fourth-order valence-electron chi connectivity index (χ4n) is 2.47. The summed E-state index contributed by atoms with van der Waals surface area (Å²) >= 11 is 0. The molecule has 110 valence electrons. The molecule has 1 rings (SSSR count). The van der Waals surface area contributed by atoms with Gasteiger partial charge in [-0.05, 0) is 6.42 Å². The summed E-state index contributed by atoms with van der Waals surface area (Å²) in [7, 11) is 0. The lowest BCUT2D eigenvalue weighted by molar-refractivity contribution is -0.463. The summed E-state index contributed by atoms with van der Waals surface area (Å²) in [6.07, 6.45) is 15.8. The summed E-state index contributed by atoms with van der Waals surface area (Å²) in [5.41, 5.74) is 3.96. The van der Waals surface area contributed by atoms with Crippen LogP contribution in [0.25, 0.3) is 0 Å². The van der Waals surface area contributed by atoms with Crippen molar-refractivity contribution in [1.82, 2.24) is 0 Å². The van der Waals surface area contributed by atoms with Gasteiger partial charge in [-0.2, -0.15) is 0 Å². The van der Waals surface area contributed by atoms with E-state index in [2.05, 4.69) is 19.6 Å². The Morgan fingerprint density at radius 3 is 1.67 bits per heavy atom. The Bertz CT molecular complexity index is 197. The minimum atomic E-state index is -0.0424. The molecule has 1 aliphatic heterocycles. The number of quaternary nitrogens is 1. The van der Waals surface area contributed by atoms with Gasteiger partial charge in [0.05, 0.1) is 0 Å². The Kier molecular flexibility index (Phi) is 10.2. The van der Waals surface area contributed by atoms with Crippen LogP contribution < -0.4 is 18.1 Å². The van der Waals surface area contributed by atoms with Gasteiger partial charge in [0.2, 0.25) is 5.72 Å². The van der Waals surface area contributed by atoms with Gasteiger partial charge in [0.1, 0.15) is 6.10 Å². The van der Waals surface area contributed by atoms with E-state index in [1.165, 1.54) is 70.6 Å². The van der Waals surface area contributed by atoms with E-state index >= 15 is 0 Å². The van der Waals surface area contributed by atoms with Crippen LogP contribution in [0.4, 0.5) is 0 Å². The molecule has 1 aliphatic rings. The maximum atomic E-state index is 5.48. The first-order valence-corrected chi connectivity index (χ1v) is 7.70. The van der Waals surface area contributed by atoms with Crippen molar-refractivity contribution in [2.45, 2.75) is 96.3 Å². The summed E-state index contributed by atoms with van der Waals surface area (Å²) in [5.74, 6) is 0. The van der Waals surface area contributed by atoms with Gasteiger partial charge < -0.3 is 22.9 Å². The second kappa shape index (κ2) is 10.1. The molecule has 0 radical (unpaired) electrons. The van der Waals surface area contributed by atoms with E-state index in [0.717, 1.165) is 0 Å². The van der Waals surface area contributed by atoms with Crippen LogP contribution in [0.3, 0.4) is 0 Å². The third-order valence-corrected chi connectivity index (χ3v) is 3.86. The Morgan fingerprint density at radius 2 is 1.28 bits per heavy atom. The van der Waals surface area contributed by atoms with Gasteiger partial charge in [0, 0.05) is 6.92 Å². The fraction of sp³-hybridized carbons (Fsp3) is 1.00. The van der Waals surface area contributed by atoms with Crippen LogP contribution in [0.2, 0.25) is 0 Å². The number of rotatable bonds is 11. The molecule has 0 aromatic heterocycles. The van der Waals surface area contributed by atoms with Crippen molar-refractivity contribution in [2.24, 2.45) is 0 Å². The zero-order chi connectivity index (χ0) is 12.6. The average molecular weight is 278 g/mol. The summed E-state index contributed by atoms with van der Waals surface area (Å²) in [6, 6.07) is 0. The molecule has 0 amide bonds. The second-order valence-corrected chi connectivity index (χ2v) is 5.89. The van der Waals surface area contributed by atoms with Crippen LogP contribution in [0.5, 0.6) is 0 Å². The molecular formula is C15H32ClNO. The highest BCUT2D eigenvalue weighted by Crippen LogP contribution is 2.32. The molecule has 1 fully saturated rings. The SMILES string of the molecule is CCCCCCCCCCCCC1OC1(C)[NH3+].[Cl-]. The largest absolute Gasteiger partial charge is 1.00 e. The molecule has 2 nitrogen and oxygen atoms in total. The van der Waals surface area contributed by atoms with Gasteiger partial charge in [-0.15, -0.1) is 0 Å². The minimum absolute atomic E-state index is 0. The predicted molar refractivity (Wildman–Crippen MR) is 72.6 cm³/mol. The maximum absolute atomic E-state index is 5.48. The van der Waals surface area contributed by atoms with Crippen molar-refractivity contribution in [3.8, 4) is 0 Å². The molecule has 2 atom stereocenters. The molecule has 0 spiro atoms. The predicted octanol–water partition coefficient (Wildman–Crippen LogP) is 0.658. The van der Waals surface area contributed by atoms with Crippen molar-refractivity contribution < 1.29 is 22.9 Å². The first-order chi connectivity index (χ1) is 8.17. The van der Waals surface area contributed by atoms with E-state index in [1.54, 1.807) is 0 Å². The monoisotopic (exact) mass is 277 g/mol. The quantitative estimate of drug-likeness (QED) is 0.437. The van der Waals surface area contributed by atoms with Crippen molar-refractivity contribution >= 4 is 0 Å². The summed E-state index contributed by atoms with van der Waals surface area (Å²) in [6.45, 7) is 4.37. The highest BCUT2D eigenvalue weighted by molar-refractivity contribution is 4.86. The molecule has 3 N–H and O–H groups in total. The van der Waals surface area contributed by atoms with Crippen LogP contribution in [0, 0.1) is 0 Å². The Morgan fingerprint density at radius 1 is 0.889 bits per heavy atom. The van der Waals surface area contributed by atoms with Gasteiger partial charge in [-0.1, -0.05) is 71.1 Å². The standard InChI is InChI=1S/C15H31NO.ClH/c1-3-4-5-6-7-8-9-10-11-12-13-14-15(2,16)17-14;/h14H,3-13,16H2,1-2H3;1H. The Labute approximate surface area is 119 Å². The smallest absolute Gasteiger partial charge is 0.223 e. The third-order valence-electron chi connectivity index (χ3n) is 3.86. The number of ether oxygens (including phenoxy) is 1. The van der Waals surface area contributed by atoms with E-state index in [0.29, 0.717) is 6.10 Å².